The van der Waals surface area contributed by atoms with Crippen LogP contribution in [-0.2, 0) is 4.74 Å². The Hall–Kier alpha value is -2.44. The molecule has 0 bridgehead atoms. The van der Waals surface area contributed by atoms with Crippen LogP contribution >= 0.6 is 0 Å². The second kappa shape index (κ2) is 5.68. The summed E-state index contributed by atoms with van der Waals surface area (Å²) < 4.78 is 20.3. The highest BCUT2D eigenvalue weighted by molar-refractivity contribution is 6.04. The highest BCUT2D eigenvalue weighted by Crippen LogP contribution is 2.38. The minimum Gasteiger partial charge on any atom is -0.493 e. The van der Waals surface area contributed by atoms with E-state index in [1.807, 2.05) is 0 Å². The molecule has 0 N–H and O–H groups in total. The van der Waals surface area contributed by atoms with Gasteiger partial charge in [-0.2, -0.15) is 0 Å². The van der Waals surface area contributed by atoms with Crippen LogP contribution in [0.2, 0.25) is 0 Å². The van der Waals surface area contributed by atoms with Crippen molar-refractivity contribution in [2.45, 2.75) is 0 Å². The standard InChI is InChI=1S/C13H15NO6/c1-17-9-6-8(7-10(18-2)11(9)19-3)12(15)14-4-5-20-13(14)16/h6-7H,4-5H2,1-3H3. The molecule has 2 rings (SSSR count). The van der Waals surface area contributed by atoms with Gasteiger partial charge < -0.3 is 18.9 Å². The smallest absolute Gasteiger partial charge is 0.416 e. The van der Waals surface area contributed by atoms with E-state index in [9.17, 15) is 9.59 Å². The molecule has 1 aliphatic rings. The number of methoxy groups -OCH3 is 3. The van der Waals surface area contributed by atoms with Gasteiger partial charge in [-0.1, -0.05) is 0 Å². The zero-order chi connectivity index (χ0) is 14.7. The van der Waals surface area contributed by atoms with E-state index < -0.39 is 12.0 Å². The van der Waals surface area contributed by atoms with Crippen LogP contribution in [0.15, 0.2) is 12.1 Å². The van der Waals surface area contributed by atoms with E-state index in [2.05, 4.69) is 0 Å². The van der Waals surface area contributed by atoms with Gasteiger partial charge in [0.25, 0.3) is 5.91 Å². The Morgan fingerprint density at radius 3 is 2.15 bits per heavy atom. The molecule has 0 saturated carbocycles. The predicted octanol–water partition coefficient (Wildman–Crippen LogP) is 1.30. The number of cyclic esters (lactones) is 1. The van der Waals surface area contributed by atoms with E-state index >= 15 is 0 Å². The molecule has 0 aliphatic carbocycles. The van der Waals surface area contributed by atoms with Gasteiger partial charge in [-0.3, -0.25) is 4.79 Å². The summed E-state index contributed by atoms with van der Waals surface area (Å²) in [6.07, 6.45) is -0.649. The zero-order valence-electron chi connectivity index (χ0n) is 11.5. The maximum absolute atomic E-state index is 12.3. The van der Waals surface area contributed by atoms with Gasteiger partial charge in [0.1, 0.15) is 6.61 Å². The highest BCUT2D eigenvalue weighted by Gasteiger charge is 2.30. The SMILES string of the molecule is COc1cc(C(=O)N2CCOC2=O)cc(OC)c1OC. The van der Waals surface area contributed by atoms with E-state index in [1.165, 1.54) is 33.5 Å². The lowest BCUT2D eigenvalue weighted by Crippen LogP contribution is -2.31. The number of ether oxygens (including phenoxy) is 4. The topological polar surface area (TPSA) is 74.3 Å². The maximum Gasteiger partial charge on any atom is 0.416 e. The van der Waals surface area contributed by atoms with E-state index in [1.54, 1.807) is 0 Å². The van der Waals surface area contributed by atoms with Crippen LogP contribution in [0.25, 0.3) is 0 Å². The number of amides is 2. The number of nitrogens with zero attached hydrogens (tertiary/aromatic N) is 1. The Balaban J connectivity index is 2.41. The molecule has 0 unspecified atom stereocenters. The Labute approximate surface area is 116 Å². The van der Waals surface area contributed by atoms with Gasteiger partial charge in [0.05, 0.1) is 27.9 Å². The van der Waals surface area contributed by atoms with E-state index in [-0.39, 0.29) is 18.7 Å². The van der Waals surface area contributed by atoms with Crippen molar-refractivity contribution in [2.75, 3.05) is 34.5 Å². The van der Waals surface area contributed by atoms with E-state index in [0.29, 0.717) is 17.2 Å². The lowest BCUT2D eigenvalue weighted by molar-refractivity contribution is 0.0809. The lowest BCUT2D eigenvalue weighted by Gasteiger charge is -2.15. The fraction of sp³-hybridized carbons (Fsp3) is 0.385. The highest BCUT2D eigenvalue weighted by atomic mass is 16.6. The number of carbonyl (C=O) groups is 2. The van der Waals surface area contributed by atoms with Crippen LogP contribution in [0, 0.1) is 0 Å². The molecule has 20 heavy (non-hydrogen) atoms. The fourth-order valence-corrected chi connectivity index (χ4v) is 1.94. The van der Waals surface area contributed by atoms with Crippen molar-refractivity contribution in [2.24, 2.45) is 0 Å². The molecule has 108 valence electrons. The quantitative estimate of drug-likeness (QED) is 0.828. The minimum absolute atomic E-state index is 0.203. The summed E-state index contributed by atoms with van der Waals surface area (Å²) in [5.74, 6) is 0.618. The molecule has 0 spiro atoms. The van der Waals surface area contributed by atoms with Crippen LogP contribution < -0.4 is 14.2 Å². The molecule has 1 fully saturated rings. The average Bonchev–Trinajstić information content (AvgIpc) is 2.90. The van der Waals surface area contributed by atoms with Crippen LogP contribution in [-0.4, -0.2) is 51.4 Å². The Bertz CT molecular complexity index is 517. The van der Waals surface area contributed by atoms with E-state index in [0.717, 1.165) is 4.90 Å². The number of hydrogen-bond donors (Lipinski definition) is 0. The monoisotopic (exact) mass is 281 g/mol. The number of hydrogen-bond acceptors (Lipinski definition) is 6. The molecule has 0 atom stereocenters. The van der Waals surface area contributed by atoms with Gasteiger partial charge in [-0.05, 0) is 12.1 Å². The van der Waals surface area contributed by atoms with Crippen molar-refractivity contribution in [3.63, 3.8) is 0 Å². The first-order chi connectivity index (χ1) is 9.62. The second-order valence-corrected chi connectivity index (χ2v) is 3.99. The summed E-state index contributed by atoms with van der Waals surface area (Å²) in [7, 11) is 4.38. The summed E-state index contributed by atoms with van der Waals surface area (Å²) in [5, 5.41) is 0. The van der Waals surface area contributed by atoms with Crippen molar-refractivity contribution in [1.29, 1.82) is 0 Å². The molecule has 1 saturated heterocycles. The van der Waals surface area contributed by atoms with Gasteiger partial charge in [0.15, 0.2) is 11.5 Å². The van der Waals surface area contributed by atoms with Crippen molar-refractivity contribution in [3.05, 3.63) is 17.7 Å². The number of imide groups is 1. The third-order valence-electron chi connectivity index (χ3n) is 2.92. The Kier molecular flexibility index (Phi) is 3.97. The molecule has 1 aromatic carbocycles. The zero-order valence-corrected chi connectivity index (χ0v) is 11.5. The molecule has 0 aromatic heterocycles. The molecule has 1 aliphatic heterocycles. The fourth-order valence-electron chi connectivity index (χ4n) is 1.94. The van der Waals surface area contributed by atoms with Crippen LogP contribution in [0.1, 0.15) is 10.4 Å². The first-order valence-electron chi connectivity index (χ1n) is 5.91. The van der Waals surface area contributed by atoms with Crippen LogP contribution in [0.4, 0.5) is 4.79 Å². The molecule has 2 amide bonds. The van der Waals surface area contributed by atoms with Gasteiger partial charge in [-0.25, -0.2) is 9.69 Å². The number of carbonyl (C=O) groups excluding carboxylic acids is 2. The molecular weight excluding hydrogens is 266 g/mol. The first kappa shape index (κ1) is 14.0. The van der Waals surface area contributed by atoms with Crippen molar-refractivity contribution in [3.8, 4) is 17.2 Å². The summed E-state index contributed by atoms with van der Waals surface area (Å²) >= 11 is 0. The number of rotatable bonds is 4. The van der Waals surface area contributed by atoms with Gasteiger partial charge in [0, 0.05) is 5.56 Å². The summed E-state index contributed by atoms with van der Waals surface area (Å²) in [6.45, 7) is 0.434. The molecule has 7 heteroatoms. The normalized spacial score (nSPS) is 13.9. The minimum atomic E-state index is -0.649. The van der Waals surface area contributed by atoms with Gasteiger partial charge in [-0.15, -0.1) is 0 Å². The first-order valence-corrected chi connectivity index (χ1v) is 5.91. The second-order valence-electron chi connectivity index (χ2n) is 3.99. The van der Waals surface area contributed by atoms with Gasteiger partial charge in [0.2, 0.25) is 5.75 Å². The Morgan fingerprint density at radius 2 is 1.75 bits per heavy atom. The largest absolute Gasteiger partial charge is 0.493 e. The predicted molar refractivity (Wildman–Crippen MR) is 68.5 cm³/mol. The molecule has 7 nitrogen and oxygen atoms in total. The van der Waals surface area contributed by atoms with E-state index in [4.69, 9.17) is 18.9 Å². The van der Waals surface area contributed by atoms with Crippen molar-refractivity contribution < 1.29 is 28.5 Å². The molecular formula is C13H15NO6. The summed E-state index contributed by atoms with van der Waals surface area (Å²) in [5.41, 5.74) is 0.262. The summed E-state index contributed by atoms with van der Waals surface area (Å²) in [4.78, 5) is 24.7. The third-order valence-corrected chi connectivity index (χ3v) is 2.92. The lowest BCUT2D eigenvalue weighted by atomic mass is 10.1. The van der Waals surface area contributed by atoms with Gasteiger partial charge >= 0.3 is 6.09 Å². The number of benzene rings is 1. The third kappa shape index (κ3) is 2.34. The average molecular weight is 281 g/mol. The maximum atomic E-state index is 12.3. The van der Waals surface area contributed by atoms with Crippen molar-refractivity contribution >= 4 is 12.0 Å². The molecule has 1 heterocycles. The summed E-state index contributed by atoms with van der Waals surface area (Å²) in [6, 6.07) is 2.99. The Morgan fingerprint density at radius 1 is 1.15 bits per heavy atom. The van der Waals surface area contributed by atoms with Crippen molar-refractivity contribution in [1.82, 2.24) is 4.90 Å². The van der Waals surface area contributed by atoms with Crippen LogP contribution in [0.5, 0.6) is 17.2 Å². The van der Waals surface area contributed by atoms with Crippen LogP contribution in [0.3, 0.4) is 0 Å². The molecule has 0 radical (unpaired) electrons. The molecule has 1 aromatic rings.